The number of carbonyl (C=O) groups is 1. The van der Waals surface area contributed by atoms with Gasteiger partial charge in [0.1, 0.15) is 11.4 Å². The Kier molecular flexibility index (Phi) is 6.49. The summed E-state index contributed by atoms with van der Waals surface area (Å²) >= 11 is 0. The zero-order chi connectivity index (χ0) is 24.5. The molecule has 1 fully saturated rings. The molecule has 0 unspecified atom stereocenters. The molecule has 178 valence electrons. The standard InChI is InChI=1S/C23H25N5O5S/c1-15-22(28(30)31)16(2)27(25-15)14-18-3-7-19(8-4-18)23(29)24-13-17-5-11-21(12-6-17)34(32,33)26-20-9-10-20/h3-8,11-12,20,26H,9-10,13-14H2,1-2H3,(H,24,29). The second kappa shape index (κ2) is 9.35. The summed E-state index contributed by atoms with van der Waals surface area (Å²) in [4.78, 5) is 23.5. The maximum Gasteiger partial charge on any atom is 0.312 e. The van der Waals surface area contributed by atoms with Gasteiger partial charge < -0.3 is 5.32 Å². The summed E-state index contributed by atoms with van der Waals surface area (Å²) in [6.07, 6.45) is 1.74. The average Bonchev–Trinajstić information content (AvgIpc) is 3.55. The van der Waals surface area contributed by atoms with E-state index in [1.807, 2.05) is 0 Å². The number of hydrogen-bond donors (Lipinski definition) is 2. The number of nitrogens with one attached hydrogen (secondary N) is 2. The first-order valence-corrected chi connectivity index (χ1v) is 12.3. The molecule has 1 amide bonds. The number of amides is 1. The summed E-state index contributed by atoms with van der Waals surface area (Å²) in [6.45, 7) is 3.87. The number of aromatic nitrogens is 2. The SMILES string of the molecule is Cc1nn(Cc2ccc(C(=O)NCc3ccc(S(=O)(=O)NC4CC4)cc3)cc2)c(C)c1[N+](=O)[O-]. The highest BCUT2D eigenvalue weighted by Crippen LogP contribution is 2.23. The Labute approximate surface area is 197 Å². The lowest BCUT2D eigenvalue weighted by atomic mass is 10.1. The number of benzene rings is 2. The van der Waals surface area contributed by atoms with Crippen LogP contribution in [0.1, 0.15) is 45.7 Å². The van der Waals surface area contributed by atoms with E-state index in [2.05, 4.69) is 15.1 Å². The average molecular weight is 484 g/mol. The van der Waals surface area contributed by atoms with Gasteiger partial charge in [0.05, 0.1) is 16.4 Å². The molecule has 0 spiro atoms. The minimum atomic E-state index is -3.50. The van der Waals surface area contributed by atoms with Gasteiger partial charge in [0.25, 0.3) is 5.91 Å². The van der Waals surface area contributed by atoms with Crippen LogP contribution in [0.25, 0.3) is 0 Å². The molecule has 1 aromatic heterocycles. The van der Waals surface area contributed by atoms with Crippen molar-refractivity contribution in [2.24, 2.45) is 0 Å². The summed E-state index contributed by atoms with van der Waals surface area (Å²) in [7, 11) is -3.50. The summed E-state index contributed by atoms with van der Waals surface area (Å²) in [5.41, 5.74) is 2.96. The van der Waals surface area contributed by atoms with Crippen molar-refractivity contribution in [2.45, 2.75) is 50.7 Å². The van der Waals surface area contributed by atoms with Crippen LogP contribution in [0, 0.1) is 24.0 Å². The molecule has 4 rings (SSSR count). The van der Waals surface area contributed by atoms with Gasteiger partial charge in [0.2, 0.25) is 10.0 Å². The Hall–Kier alpha value is -3.57. The van der Waals surface area contributed by atoms with Gasteiger partial charge in [-0.25, -0.2) is 13.1 Å². The first-order valence-electron chi connectivity index (χ1n) is 10.8. The van der Waals surface area contributed by atoms with Crippen LogP contribution in [-0.4, -0.2) is 35.1 Å². The smallest absolute Gasteiger partial charge is 0.312 e. The normalized spacial score (nSPS) is 13.6. The van der Waals surface area contributed by atoms with Crippen molar-refractivity contribution in [3.63, 3.8) is 0 Å². The van der Waals surface area contributed by atoms with E-state index < -0.39 is 14.9 Å². The maximum atomic E-state index is 12.5. The van der Waals surface area contributed by atoms with E-state index in [9.17, 15) is 23.3 Å². The molecule has 34 heavy (non-hydrogen) atoms. The molecule has 0 saturated heterocycles. The van der Waals surface area contributed by atoms with Crippen molar-refractivity contribution >= 4 is 21.6 Å². The highest BCUT2D eigenvalue weighted by molar-refractivity contribution is 7.89. The second-order valence-electron chi connectivity index (χ2n) is 8.35. The Morgan fingerprint density at radius 3 is 2.26 bits per heavy atom. The molecule has 3 aromatic rings. The molecule has 10 nitrogen and oxygen atoms in total. The third kappa shape index (κ3) is 5.32. The fourth-order valence-electron chi connectivity index (χ4n) is 3.60. The molecular weight excluding hydrogens is 458 g/mol. The largest absolute Gasteiger partial charge is 0.348 e. The molecule has 0 atom stereocenters. The van der Waals surface area contributed by atoms with Gasteiger partial charge in [-0.15, -0.1) is 0 Å². The number of sulfonamides is 1. The van der Waals surface area contributed by atoms with Gasteiger partial charge >= 0.3 is 5.69 Å². The van der Waals surface area contributed by atoms with Crippen LogP contribution in [0.3, 0.4) is 0 Å². The van der Waals surface area contributed by atoms with Crippen LogP contribution in [-0.2, 0) is 23.1 Å². The van der Waals surface area contributed by atoms with Crippen LogP contribution in [0.2, 0.25) is 0 Å². The molecule has 0 bridgehead atoms. The third-order valence-corrected chi connectivity index (χ3v) is 7.20. The van der Waals surface area contributed by atoms with Gasteiger partial charge in [0.15, 0.2) is 0 Å². The first kappa shape index (κ1) is 23.6. The lowest BCUT2D eigenvalue weighted by molar-refractivity contribution is -0.386. The molecule has 0 aliphatic heterocycles. The molecule has 1 heterocycles. The zero-order valence-corrected chi connectivity index (χ0v) is 19.6. The van der Waals surface area contributed by atoms with E-state index in [4.69, 9.17) is 0 Å². The van der Waals surface area contributed by atoms with Crippen LogP contribution in [0.15, 0.2) is 53.4 Å². The number of rotatable bonds is 9. The van der Waals surface area contributed by atoms with E-state index in [1.165, 1.54) is 12.1 Å². The minimum absolute atomic E-state index is 0.0146. The van der Waals surface area contributed by atoms with Crippen LogP contribution < -0.4 is 10.0 Å². The van der Waals surface area contributed by atoms with Crippen LogP contribution >= 0.6 is 0 Å². The molecule has 0 radical (unpaired) electrons. The van der Waals surface area contributed by atoms with Crippen LogP contribution in [0.5, 0.6) is 0 Å². The first-order chi connectivity index (χ1) is 16.1. The van der Waals surface area contributed by atoms with E-state index in [0.717, 1.165) is 24.0 Å². The second-order valence-corrected chi connectivity index (χ2v) is 10.1. The van der Waals surface area contributed by atoms with E-state index in [0.29, 0.717) is 23.5 Å². The number of aryl methyl sites for hydroxylation is 1. The summed E-state index contributed by atoms with van der Waals surface area (Å²) in [6, 6.07) is 13.4. The highest BCUT2D eigenvalue weighted by atomic mass is 32.2. The molecular formula is C23H25N5O5S. The quantitative estimate of drug-likeness (QED) is 0.355. The Balaban J connectivity index is 1.34. The predicted molar refractivity (Wildman–Crippen MR) is 125 cm³/mol. The number of nitro groups is 1. The van der Waals surface area contributed by atoms with Crippen molar-refractivity contribution in [3.8, 4) is 0 Å². The molecule has 1 aliphatic rings. The predicted octanol–water partition coefficient (Wildman–Crippen LogP) is 2.83. The van der Waals surface area contributed by atoms with Crippen LogP contribution in [0.4, 0.5) is 5.69 Å². The Morgan fingerprint density at radius 1 is 1.09 bits per heavy atom. The Bertz CT molecular complexity index is 1330. The Morgan fingerprint density at radius 2 is 1.71 bits per heavy atom. The fraction of sp³-hybridized carbons (Fsp3) is 0.304. The topological polar surface area (TPSA) is 136 Å². The lowest BCUT2D eigenvalue weighted by Crippen LogP contribution is -2.26. The van der Waals surface area contributed by atoms with Crippen molar-refractivity contribution in [2.75, 3.05) is 0 Å². The van der Waals surface area contributed by atoms with Gasteiger partial charge in [0, 0.05) is 18.2 Å². The van der Waals surface area contributed by atoms with Gasteiger partial charge in [-0.2, -0.15) is 5.10 Å². The van der Waals surface area contributed by atoms with Gasteiger partial charge in [-0.1, -0.05) is 24.3 Å². The zero-order valence-electron chi connectivity index (χ0n) is 18.8. The number of carbonyl (C=O) groups excluding carboxylic acids is 1. The summed E-state index contributed by atoms with van der Waals surface area (Å²) in [5.74, 6) is -0.264. The van der Waals surface area contributed by atoms with Crippen molar-refractivity contribution in [1.82, 2.24) is 19.8 Å². The highest BCUT2D eigenvalue weighted by Gasteiger charge is 2.27. The molecule has 1 aliphatic carbocycles. The van der Waals surface area contributed by atoms with Gasteiger partial charge in [-0.3, -0.25) is 19.6 Å². The monoisotopic (exact) mass is 483 g/mol. The summed E-state index contributed by atoms with van der Waals surface area (Å²) < 4.78 is 28.7. The molecule has 2 aromatic carbocycles. The molecule has 1 saturated carbocycles. The molecule has 11 heteroatoms. The fourth-order valence-corrected chi connectivity index (χ4v) is 4.90. The number of nitrogens with zero attached hydrogens (tertiary/aromatic N) is 3. The van der Waals surface area contributed by atoms with Crippen molar-refractivity contribution in [3.05, 3.63) is 86.7 Å². The minimum Gasteiger partial charge on any atom is -0.348 e. The summed E-state index contributed by atoms with van der Waals surface area (Å²) in [5, 5.41) is 18.2. The third-order valence-electron chi connectivity index (χ3n) is 5.66. The maximum absolute atomic E-state index is 12.5. The van der Waals surface area contributed by atoms with E-state index >= 15 is 0 Å². The number of hydrogen-bond acceptors (Lipinski definition) is 6. The van der Waals surface area contributed by atoms with Gasteiger partial charge in [-0.05, 0) is 62.1 Å². The van der Waals surface area contributed by atoms with E-state index in [1.54, 1.807) is 54.9 Å². The molecule has 2 N–H and O–H groups in total. The van der Waals surface area contributed by atoms with E-state index in [-0.39, 0.29) is 29.1 Å². The lowest BCUT2D eigenvalue weighted by Gasteiger charge is -2.09. The van der Waals surface area contributed by atoms with Crippen molar-refractivity contribution in [1.29, 1.82) is 0 Å². The van der Waals surface area contributed by atoms with Crippen molar-refractivity contribution < 1.29 is 18.1 Å².